The standard InChI is InChI=1S/C25H27N3O3S/c1-2-28(21-12-4-3-5-13-21)32(30,31)22-14-10-11-20(19-22)25(29)26-23-15-6-7-16-24(23)27-17-8-9-18-27/h3-7,10-16,19H,2,8-9,17-18H2,1H3,(H,26,29). The van der Waals surface area contributed by atoms with Crippen molar-refractivity contribution in [1.29, 1.82) is 0 Å². The molecule has 0 aromatic heterocycles. The molecule has 0 unspecified atom stereocenters. The molecule has 4 rings (SSSR count). The number of carbonyl (C=O) groups is 1. The third kappa shape index (κ3) is 4.48. The van der Waals surface area contributed by atoms with Crippen molar-refractivity contribution >= 4 is 33.0 Å². The topological polar surface area (TPSA) is 69.7 Å². The maximum Gasteiger partial charge on any atom is 0.264 e. The first-order valence-electron chi connectivity index (χ1n) is 10.8. The molecule has 0 bridgehead atoms. The molecule has 1 aliphatic heterocycles. The molecule has 0 spiro atoms. The van der Waals surface area contributed by atoms with Crippen LogP contribution in [0.2, 0.25) is 0 Å². The third-order valence-electron chi connectivity index (χ3n) is 5.61. The maximum atomic E-state index is 13.3. The number of para-hydroxylation sites is 3. The second-order valence-electron chi connectivity index (χ2n) is 7.70. The average Bonchev–Trinajstić information content (AvgIpc) is 3.35. The molecule has 1 saturated heterocycles. The van der Waals surface area contributed by atoms with Gasteiger partial charge in [-0.05, 0) is 62.2 Å². The van der Waals surface area contributed by atoms with Crippen molar-refractivity contribution in [3.05, 3.63) is 84.4 Å². The summed E-state index contributed by atoms with van der Waals surface area (Å²) in [6.45, 7) is 4.00. The number of hydrogen-bond acceptors (Lipinski definition) is 4. The van der Waals surface area contributed by atoms with E-state index >= 15 is 0 Å². The second kappa shape index (κ2) is 9.44. The highest BCUT2D eigenvalue weighted by Crippen LogP contribution is 2.29. The lowest BCUT2D eigenvalue weighted by atomic mass is 10.2. The van der Waals surface area contributed by atoms with E-state index in [-0.39, 0.29) is 17.3 Å². The smallest absolute Gasteiger partial charge is 0.264 e. The van der Waals surface area contributed by atoms with Crippen LogP contribution in [0.15, 0.2) is 83.8 Å². The fraction of sp³-hybridized carbons (Fsp3) is 0.240. The third-order valence-corrected chi connectivity index (χ3v) is 7.51. The summed E-state index contributed by atoms with van der Waals surface area (Å²) in [5, 5.41) is 2.97. The van der Waals surface area contributed by atoms with Gasteiger partial charge in [0.1, 0.15) is 0 Å². The minimum absolute atomic E-state index is 0.0867. The van der Waals surface area contributed by atoms with Crippen LogP contribution >= 0.6 is 0 Å². The predicted octanol–water partition coefficient (Wildman–Crippen LogP) is 4.75. The molecule has 1 aliphatic rings. The number of nitrogens with one attached hydrogen (secondary N) is 1. The van der Waals surface area contributed by atoms with Gasteiger partial charge < -0.3 is 10.2 Å². The Kier molecular flexibility index (Phi) is 6.46. The van der Waals surface area contributed by atoms with E-state index in [2.05, 4.69) is 10.2 Å². The largest absolute Gasteiger partial charge is 0.370 e. The van der Waals surface area contributed by atoms with Gasteiger partial charge in [-0.1, -0.05) is 36.4 Å². The number of carbonyl (C=O) groups excluding carboxylic acids is 1. The number of sulfonamides is 1. The highest BCUT2D eigenvalue weighted by atomic mass is 32.2. The van der Waals surface area contributed by atoms with E-state index in [0.717, 1.165) is 37.3 Å². The first kappa shape index (κ1) is 21.9. The number of anilines is 3. The van der Waals surface area contributed by atoms with Crippen molar-refractivity contribution in [3.63, 3.8) is 0 Å². The van der Waals surface area contributed by atoms with E-state index in [1.165, 1.54) is 16.4 Å². The molecular weight excluding hydrogens is 422 g/mol. The summed E-state index contributed by atoms with van der Waals surface area (Å²) in [5.41, 5.74) is 2.60. The van der Waals surface area contributed by atoms with Gasteiger partial charge in [-0.15, -0.1) is 0 Å². The van der Waals surface area contributed by atoms with Crippen molar-refractivity contribution in [3.8, 4) is 0 Å². The lowest BCUT2D eigenvalue weighted by Gasteiger charge is -2.23. The molecule has 7 heteroatoms. The first-order valence-corrected chi connectivity index (χ1v) is 12.3. The Labute approximate surface area is 189 Å². The van der Waals surface area contributed by atoms with E-state index in [0.29, 0.717) is 11.3 Å². The zero-order valence-corrected chi connectivity index (χ0v) is 18.9. The van der Waals surface area contributed by atoms with Crippen LogP contribution in [0, 0.1) is 0 Å². The minimum Gasteiger partial charge on any atom is -0.370 e. The SMILES string of the molecule is CCN(c1ccccc1)S(=O)(=O)c1cccc(C(=O)Nc2ccccc2N2CCCC2)c1. The molecule has 1 heterocycles. The summed E-state index contributed by atoms with van der Waals surface area (Å²) in [6.07, 6.45) is 2.27. The molecule has 3 aromatic rings. The van der Waals surface area contributed by atoms with E-state index < -0.39 is 10.0 Å². The molecule has 6 nitrogen and oxygen atoms in total. The summed E-state index contributed by atoms with van der Waals surface area (Å²) in [7, 11) is -3.81. The van der Waals surface area contributed by atoms with Gasteiger partial charge in [0.25, 0.3) is 15.9 Å². The van der Waals surface area contributed by atoms with E-state index in [9.17, 15) is 13.2 Å². The van der Waals surface area contributed by atoms with E-state index in [1.54, 1.807) is 43.3 Å². The van der Waals surface area contributed by atoms with Crippen molar-refractivity contribution in [2.45, 2.75) is 24.7 Å². The van der Waals surface area contributed by atoms with Crippen LogP contribution < -0.4 is 14.5 Å². The zero-order valence-electron chi connectivity index (χ0n) is 18.1. The van der Waals surface area contributed by atoms with Gasteiger partial charge in [0.05, 0.1) is 22.0 Å². The van der Waals surface area contributed by atoms with Gasteiger partial charge in [0.15, 0.2) is 0 Å². The van der Waals surface area contributed by atoms with Crippen molar-refractivity contribution in [2.24, 2.45) is 0 Å². The summed E-state index contributed by atoms with van der Waals surface area (Å²) in [4.78, 5) is 15.4. The Balaban J connectivity index is 1.60. The van der Waals surface area contributed by atoms with Crippen LogP contribution in [-0.4, -0.2) is 34.0 Å². The number of hydrogen-bond donors (Lipinski definition) is 1. The number of benzene rings is 3. The lowest BCUT2D eigenvalue weighted by molar-refractivity contribution is 0.102. The van der Waals surface area contributed by atoms with Gasteiger partial charge in [0.2, 0.25) is 0 Å². The Morgan fingerprint density at radius 1 is 0.938 bits per heavy atom. The second-order valence-corrected chi connectivity index (χ2v) is 9.56. The van der Waals surface area contributed by atoms with E-state index in [1.807, 2.05) is 30.3 Å². The highest BCUT2D eigenvalue weighted by Gasteiger charge is 2.25. The Morgan fingerprint density at radius 2 is 1.62 bits per heavy atom. The van der Waals surface area contributed by atoms with Gasteiger partial charge in [0, 0.05) is 25.2 Å². The van der Waals surface area contributed by atoms with Crippen molar-refractivity contribution in [1.82, 2.24) is 0 Å². The lowest BCUT2D eigenvalue weighted by Crippen LogP contribution is -2.31. The van der Waals surface area contributed by atoms with Crippen LogP contribution in [0.1, 0.15) is 30.1 Å². The van der Waals surface area contributed by atoms with E-state index in [4.69, 9.17) is 0 Å². The van der Waals surface area contributed by atoms with Crippen LogP contribution in [0.3, 0.4) is 0 Å². The Hall–Kier alpha value is -3.32. The summed E-state index contributed by atoms with van der Waals surface area (Å²) < 4.78 is 28.0. The highest BCUT2D eigenvalue weighted by molar-refractivity contribution is 7.92. The monoisotopic (exact) mass is 449 g/mol. The van der Waals surface area contributed by atoms with Crippen LogP contribution in [0.5, 0.6) is 0 Å². The molecule has 1 fully saturated rings. The molecule has 0 atom stereocenters. The Bertz CT molecular complexity index is 1190. The fourth-order valence-corrected chi connectivity index (χ4v) is 5.54. The average molecular weight is 450 g/mol. The van der Waals surface area contributed by atoms with Crippen LogP contribution in [-0.2, 0) is 10.0 Å². The van der Waals surface area contributed by atoms with Crippen molar-refractivity contribution < 1.29 is 13.2 Å². The number of rotatable bonds is 7. The molecule has 1 amide bonds. The number of nitrogens with zero attached hydrogens (tertiary/aromatic N) is 2. The molecule has 0 saturated carbocycles. The molecule has 3 aromatic carbocycles. The number of amides is 1. The summed E-state index contributed by atoms with van der Waals surface area (Å²) in [5.74, 6) is -0.337. The molecule has 0 aliphatic carbocycles. The first-order chi connectivity index (χ1) is 15.5. The molecular formula is C25H27N3O3S. The summed E-state index contributed by atoms with van der Waals surface area (Å²) in [6, 6.07) is 22.9. The normalized spacial score (nSPS) is 13.7. The molecule has 166 valence electrons. The van der Waals surface area contributed by atoms with Gasteiger partial charge >= 0.3 is 0 Å². The van der Waals surface area contributed by atoms with Gasteiger partial charge in [-0.3, -0.25) is 9.10 Å². The molecule has 32 heavy (non-hydrogen) atoms. The zero-order chi connectivity index (χ0) is 22.6. The Morgan fingerprint density at radius 3 is 2.34 bits per heavy atom. The van der Waals surface area contributed by atoms with Crippen LogP contribution in [0.4, 0.5) is 17.1 Å². The predicted molar refractivity (Wildman–Crippen MR) is 129 cm³/mol. The van der Waals surface area contributed by atoms with Gasteiger partial charge in [-0.2, -0.15) is 0 Å². The summed E-state index contributed by atoms with van der Waals surface area (Å²) >= 11 is 0. The molecule has 1 N–H and O–H groups in total. The quantitative estimate of drug-likeness (QED) is 0.565. The van der Waals surface area contributed by atoms with Crippen LogP contribution in [0.25, 0.3) is 0 Å². The maximum absolute atomic E-state index is 13.3. The molecule has 0 radical (unpaired) electrons. The van der Waals surface area contributed by atoms with Crippen molar-refractivity contribution in [2.75, 3.05) is 34.2 Å². The fourth-order valence-electron chi connectivity index (χ4n) is 4.02. The minimum atomic E-state index is -3.81. The van der Waals surface area contributed by atoms with Gasteiger partial charge in [-0.25, -0.2) is 8.42 Å².